The molecule has 3 N–H and O–H groups in total. The summed E-state index contributed by atoms with van der Waals surface area (Å²) in [5.41, 5.74) is 6.80. The van der Waals surface area contributed by atoms with Crippen molar-refractivity contribution in [2.75, 3.05) is 11.1 Å². The summed E-state index contributed by atoms with van der Waals surface area (Å²) in [7, 11) is 0. The molecule has 2 rings (SSSR count). The van der Waals surface area contributed by atoms with Crippen LogP contribution < -0.4 is 11.1 Å². The van der Waals surface area contributed by atoms with Gasteiger partial charge in [0, 0.05) is 17.4 Å². The molecule has 0 bridgehead atoms. The Kier molecular flexibility index (Phi) is 2.90. The number of halogens is 1. The van der Waals surface area contributed by atoms with Gasteiger partial charge in [-0.15, -0.1) is 0 Å². The predicted molar refractivity (Wildman–Crippen MR) is 61.2 cm³/mol. The highest BCUT2D eigenvalue weighted by Gasteiger charge is 2.09. The first-order chi connectivity index (χ1) is 7.24. The maximum Gasteiger partial charge on any atom is 0.127 e. The smallest absolute Gasteiger partial charge is 0.127 e. The molecule has 0 saturated carbocycles. The average molecular weight is 206 g/mol. The summed E-state index contributed by atoms with van der Waals surface area (Å²) >= 11 is 0. The standard InChI is InChI=1S/C12H15FN2/c13-9-6-10(14)8-12(7-9)15-11-4-2-1-3-5-11/h1-2,6-8,11,15H,3-5,14H2. The Balaban J connectivity index is 2.06. The van der Waals surface area contributed by atoms with Crippen molar-refractivity contribution in [2.24, 2.45) is 0 Å². The van der Waals surface area contributed by atoms with E-state index in [4.69, 9.17) is 5.73 Å². The van der Waals surface area contributed by atoms with E-state index in [2.05, 4.69) is 17.5 Å². The molecule has 1 atom stereocenters. The summed E-state index contributed by atoms with van der Waals surface area (Å²) in [6, 6.07) is 4.97. The number of hydrogen-bond acceptors (Lipinski definition) is 2. The minimum absolute atomic E-state index is 0.288. The van der Waals surface area contributed by atoms with Gasteiger partial charge >= 0.3 is 0 Å². The molecule has 0 radical (unpaired) electrons. The van der Waals surface area contributed by atoms with Crippen LogP contribution in [0.2, 0.25) is 0 Å². The molecule has 0 spiro atoms. The number of rotatable bonds is 2. The van der Waals surface area contributed by atoms with Crippen LogP contribution in [0.1, 0.15) is 19.3 Å². The summed E-state index contributed by atoms with van der Waals surface area (Å²) < 4.78 is 13.0. The number of nitrogen functional groups attached to an aromatic ring is 1. The SMILES string of the molecule is Nc1cc(F)cc(NC2CC=CCC2)c1. The Morgan fingerprint density at radius 1 is 1.27 bits per heavy atom. The van der Waals surface area contributed by atoms with Crippen LogP contribution in [0.4, 0.5) is 15.8 Å². The zero-order valence-electron chi connectivity index (χ0n) is 8.54. The molecule has 1 aromatic carbocycles. The van der Waals surface area contributed by atoms with Gasteiger partial charge in [0.2, 0.25) is 0 Å². The van der Waals surface area contributed by atoms with Crippen LogP contribution in [0.15, 0.2) is 30.4 Å². The second kappa shape index (κ2) is 4.34. The molecule has 1 aliphatic rings. The van der Waals surface area contributed by atoms with Crippen molar-refractivity contribution < 1.29 is 4.39 Å². The lowest BCUT2D eigenvalue weighted by Gasteiger charge is -2.20. The Morgan fingerprint density at radius 2 is 2.13 bits per heavy atom. The van der Waals surface area contributed by atoms with Crippen molar-refractivity contribution in [1.29, 1.82) is 0 Å². The van der Waals surface area contributed by atoms with Crippen LogP contribution in [0.5, 0.6) is 0 Å². The first-order valence-electron chi connectivity index (χ1n) is 5.21. The molecule has 1 aliphatic carbocycles. The average Bonchev–Trinajstić information content (AvgIpc) is 2.17. The quantitative estimate of drug-likeness (QED) is 0.576. The number of nitrogens with two attached hydrogens (primary N) is 1. The van der Waals surface area contributed by atoms with E-state index in [-0.39, 0.29) is 5.82 Å². The first-order valence-corrected chi connectivity index (χ1v) is 5.21. The number of benzene rings is 1. The molecule has 0 amide bonds. The van der Waals surface area contributed by atoms with Crippen molar-refractivity contribution in [3.8, 4) is 0 Å². The third kappa shape index (κ3) is 2.72. The number of allylic oxidation sites excluding steroid dienone is 1. The zero-order valence-corrected chi connectivity index (χ0v) is 8.54. The summed E-state index contributed by atoms with van der Waals surface area (Å²) in [6.07, 6.45) is 7.51. The van der Waals surface area contributed by atoms with Gasteiger partial charge in [0.25, 0.3) is 0 Å². The number of nitrogens with one attached hydrogen (secondary N) is 1. The van der Waals surface area contributed by atoms with Crippen molar-refractivity contribution in [3.63, 3.8) is 0 Å². The molecule has 0 aromatic heterocycles. The minimum Gasteiger partial charge on any atom is -0.399 e. The van der Waals surface area contributed by atoms with Gasteiger partial charge < -0.3 is 11.1 Å². The number of anilines is 2. The molecule has 1 unspecified atom stereocenters. The minimum atomic E-state index is -0.288. The highest BCUT2D eigenvalue weighted by Crippen LogP contribution is 2.20. The van der Waals surface area contributed by atoms with E-state index in [0.717, 1.165) is 24.9 Å². The molecule has 1 aromatic rings. The van der Waals surface area contributed by atoms with Gasteiger partial charge in [-0.25, -0.2) is 4.39 Å². The Bertz CT molecular complexity index is 354. The fraction of sp³-hybridized carbons (Fsp3) is 0.333. The van der Waals surface area contributed by atoms with Gasteiger partial charge in [-0.1, -0.05) is 12.2 Å². The van der Waals surface area contributed by atoms with E-state index in [0.29, 0.717) is 11.7 Å². The van der Waals surface area contributed by atoms with Gasteiger partial charge in [0.15, 0.2) is 0 Å². The molecule has 0 saturated heterocycles. The molecule has 80 valence electrons. The fourth-order valence-electron chi connectivity index (χ4n) is 1.86. The lowest BCUT2D eigenvalue weighted by Crippen LogP contribution is -2.20. The van der Waals surface area contributed by atoms with E-state index in [1.165, 1.54) is 12.1 Å². The van der Waals surface area contributed by atoms with Gasteiger partial charge in [0.05, 0.1) is 0 Å². The second-order valence-corrected chi connectivity index (χ2v) is 3.90. The van der Waals surface area contributed by atoms with Crippen LogP contribution in [-0.2, 0) is 0 Å². The lowest BCUT2D eigenvalue weighted by molar-refractivity contribution is 0.624. The highest BCUT2D eigenvalue weighted by atomic mass is 19.1. The number of hydrogen-bond donors (Lipinski definition) is 2. The second-order valence-electron chi connectivity index (χ2n) is 3.90. The van der Waals surface area contributed by atoms with Crippen LogP contribution >= 0.6 is 0 Å². The summed E-state index contributed by atoms with van der Waals surface area (Å²) in [5.74, 6) is -0.288. The van der Waals surface area contributed by atoms with E-state index in [9.17, 15) is 4.39 Å². The van der Waals surface area contributed by atoms with E-state index in [1.54, 1.807) is 6.07 Å². The van der Waals surface area contributed by atoms with Gasteiger partial charge in [0.1, 0.15) is 5.82 Å². The normalized spacial score (nSPS) is 20.2. The zero-order chi connectivity index (χ0) is 10.7. The summed E-state index contributed by atoms with van der Waals surface area (Å²) in [4.78, 5) is 0. The topological polar surface area (TPSA) is 38.0 Å². The van der Waals surface area contributed by atoms with Crippen molar-refractivity contribution in [1.82, 2.24) is 0 Å². The molecule has 0 fully saturated rings. The van der Waals surface area contributed by atoms with Crippen molar-refractivity contribution in [2.45, 2.75) is 25.3 Å². The molecule has 3 heteroatoms. The Labute approximate surface area is 89.0 Å². The van der Waals surface area contributed by atoms with Gasteiger partial charge in [-0.3, -0.25) is 0 Å². The van der Waals surface area contributed by atoms with Crippen LogP contribution in [-0.4, -0.2) is 6.04 Å². The first kappa shape index (κ1) is 10.0. The van der Waals surface area contributed by atoms with E-state index < -0.39 is 0 Å². The van der Waals surface area contributed by atoms with E-state index >= 15 is 0 Å². The van der Waals surface area contributed by atoms with Crippen LogP contribution in [0, 0.1) is 5.82 Å². The lowest BCUT2D eigenvalue weighted by atomic mass is 10.0. The largest absolute Gasteiger partial charge is 0.399 e. The van der Waals surface area contributed by atoms with Crippen LogP contribution in [0.3, 0.4) is 0 Å². The predicted octanol–water partition coefficient (Wildman–Crippen LogP) is 2.93. The maximum atomic E-state index is 13.0. The molecule has 15 heavy (non-hydrogen) atoms. The third-order valence-corrected chi connectivity index (χ3v) is 2.56. The van der Waals surface area contributed by atoms with Gasteiger partial charge in [-0.05, 0) is 37.5 Å². The fourth-order valence-corrected chi connectivity index (χ4v) is 1.86. The summed E-state index contributed by atoms with van der Waals surface area (Å²) in [5, 5.41) is 3.29. The Hall–Kier alpha value is -1.51. The molecule has 0 heterocycles. The maximum absolute atomic E-state index is 13.0. The third-order valence-electron chi connectivity index (χ3n) is 2.56. The molecule has 2 nitrogen and oxygen atoms in total. The molecular weight excluding hydrogens is 191 g/mol. The Morgan fingerprint density at radius 3 is 2.80 bits per heavy atom. The van der Waals surface area contributed by atoms with Crippen molar-refractivity contribution in [3.05, 3.63) is 36.2 Å². The van der Waals surface area contributed by atoms with Crippen molar-refractivity contribution >= 4 is 11.4 Å². The molecule has 0 aliphatic heterocycles. The summed E-state index contributed by atoms with van der Waals surface area (Å²) in [6.45, 7) is 0. The monoisotopic (exact) mass is 206 g/mol. The molecular formula is C12H15FN2. The van der Waals surface area contributed by atoms with Gasteiger partial charge in [-0.2, -0.15) is 0 Å². The van der Waals surface area contributed by atoms with Crippen LogP contribution in [0.25, 0.3) is 0 Å². The van der Waals surface area contributed by atoms with E-state index in [1.807, 2.05) is 0 Å². The highest BCUT2D eigenvalue weighted by molar-refractivity contribution is 5.55.